The highest BCUT2D eigenvalue weighted by Gasteiger charge is 2.21. The molecule has 0 heterocycles. The second kappa shape index (κ2) is 4.74. The van der Waals surface area contributed by atoms with E-state index in [2.05, 4.69) is 64.5 Å². The highest BCUT2D eigenvalue weighted by molar-refractivity contribution is 9.10. The molecule has 0 aromatic heterocycles. The Bertz CT molecular complexity index is 852. The van der Waals surface area contributed by atoms with E-state index in [4.69, 9.17) is 5.73 Å². The Kier molecular flexibility index (Phi) is 2.86. The van der Waals surface area contributed by atoms with Crippen LogP contribution in [-0.4, -0.2) is 0 Å². The van der Waals surface area contributed by atoms with Crippen molar-refractivity contribution < 1.29 is 0 Å². The smallest absolute Gasteiger partial charge is 0.0325 e. The van der Waals surface area contributed by atoms with E-state index >= 15 is 0 Å². The lowest BCUT2D eigenvalue weighted by atomic mass is 9.95. The number of rotatable bonds is 1. The maximum Gasteiger partial charge on any atom is 0.0325 e. The zero-order chi connectivity index (χ0) is 14.4. The lowest BCUT2D eigenvalue weighted by Crippen LogP contribution is -1.91. The number of nitrogen functional groups attached to an aromatic ring is 1. The molecular formula is C19H14BrN. The van der Waals surface area contributed by atoms with Gasteiger partial charge in [-0.3, -0.25) is 0 Å². The second-order valence-electron chi connectivity index (χ2n) is 5.40. The zero-order valence-corrected chi connectivity index (χ0v) is 13.0. The van der Waals surface area contributed by atoms with E-state index in [1.54, 1.807) is 0 Å². The Labute approximate surface area is 132 Å². The van der Waals surface area contributed by atoms with Crippen LogP contribution in [-0.2, 0) is 6.42 Å². The van der Waals surface area contributed by atoms with Crippen molar-refractivity contribution >= 4 is 21.6 Å². The number of hydrogen-bond donors (Lipinski definition) is 1. The van der Waals surface area contributed by atoms with E-state index in [1.165, 1.54) is 33.4 Å². The summed E-state index contributed by atoms with van der Waals surface area (Å²) in [7, 11) is 0. The molecule has 0 atom stereocenters. The molecular weight excluding hydrogens is 322 g/mol. The quantitative estimate of drug-likeness (QED) is 0.471. The molecule has 4 rings (SSSR count). The third-order valence-electron chi connectivity index (χ3n) is 4.13. The molecule has 21 heavy (non-hydrogen) atoms. The summed E-state index contributed by atoms with van der Waals surface area (Å²) >= 11 is 3.65. The van der Waals surface area contributed by atoms with Crippen molar-refractivity contribution in [3.8, 4) is 22.3 Å². The van der Waals surface area contributed by atoms with Crippen LogP contribution in [0.15, 0.2) is 65.1 Å². The van der Waals surface area contributed by atoms with Crippen LogP contribution < -0.4 is 5.73 Å². The molecule has 0 aliphatic heterocycles. The van der Waals surface area contributed by atoms with Gasteiger partial charge in [-0.2, -0.15) is 0 Å². The molecule has 1 nitrogen and oxygen atoms in total. The fourth-order valence-corrected chi connectivity index (χ4v) is 3.77. The number of anilines is 1. The van der Waals surface area contributed by atoms with Gasteiger partial charge in [-0.25, -0.2) is 0 Å². The molecule has 0 saturated heterocycles. The largest absolute Gasteiger partial charge is 0.399 e. The summed E-state index contributed by atoms with van der Waals surface area (Å²) in [4.78, 5) is 0. The third-order valence-corrected chi connectivity index (χ3v) is 4.79. The lowest BCUT2D eigenvalue weighted by Gasteiger charge is -2.11. The molecule has 2 N–H and O–H groups in total. The Morgan fingerprint density at radius 2 is 1.48 bits per heavy atom. The van der Waals surface area contributed by atoms with Gasteiger partial charge in [0.05, 0.1) is 0 Å². The number of benzene rings is 3. The van der Waals surface area contributed by atoms with Gasteiger partial charge in [0.2, 0.25) is 0 Å². The van der Waals surface area contributed by atoms with Gasteiger partial charge in [0.1, 0.15) is 0 Å². The number of fused-ring (bicyclic) bond motifs is 3. The Morgan fingerprint density at radius 3 is 2.29 bits per heavy atom. The van der Waals surface area contributed by atoms with Gasteiger partial charge in [-0.1, -0.05) is 64.5 Å². The van der Waals surface area contributed by atoms with Gasteiger partial charge >= 0.3 is 0 Å². The second-order valence-corrected chi connectivity index (χ2v) is 6.26. The molecule has 102 valence electrons. The first kappa shape index (κ1) is 12.7. The van der Waals surface area contributed by atoms with Crippen molar-refractivity contribution in [3.63, 3.8) is 0 Å². The molecule has 0 saturated carbocycles. The Morgan fingerprint density at radius 1 is 0.762 bits per heavy atom. The number of hydrogen-bond acceptors (Lipinski definition) is 1. The molecule has 0 amide bonds. The minimum atomic E-state index is 0.779. The average Bonchev–Trinajstić information content (AvgIpc) is 2.86. The maximum atomic E-state index is 5.86. The standard InChI is InChI=1S/C19H14BrN/c20-19-11-13(21)8-9-17(19)16-7-3-6-15-14-5-2-1-4-12(14)10-18(15)16/h1-9,11H,10,21H2. The van der Waals surface area contributed by atoms with Gasteiger partial charge in [0, 0.05) is 10.2 Å². The molecule has 2 heteroatoms. The fraction of sp³-hybridized carbons (Fsp3) is 0.0526. The van der Waals surface area contributed by atoms with Crippen molar-refractivity contribution in [2.45, 2.75) is 6.42 Å². The van der Waals surface area contributed by atoms with Crippen LogP contribution in [0.5, 0.6) is 0 Å². The molecule has 0 bridgehead atoms. The van der Waals surface area contributed by atoms with Crippen molar-refractivity contribution in [3.05, 3.63) is 76.3 Å². The lowest BCUT2D eigenvalue weighted by molar-refractivity contribution is 1.26. The first-order valence-electron chi connectivity index (χ1n) is 6.99. The minimum absolute atomic E-state index is 0.779. The summed E-state index contributed by atoms with van der Waals surface area (Å²) < 4.78 is 1.05. The van der Waals surface area contributed by atoms with Crippen molar-refractivity contribution in [1.82, 2.24) is 0 Å². The SMILES string of the molecule is Nc1ccc(-c2cccc3c2Cc2ccccc2-3)c(Br)c1. The van der Waals surface area contributed by atoms with Gasteiger partial charge in [-0.15, -0.1) is 0 Å². The van der Waals surface area contributed by atoms with E-state index in [9.17, 15) is 0 Å². The summed E-state index contributed by atoms with van der Waals surface area (Å²) in [6.07, 6.45) is 0.999. The molecule has 3 aromatic rings. The van der Waals surface area contributed by atoms with Gasteiger partial charge in [0.25, 0.3) is 0 Å². The topological polar surface area (TPSA) is 26.0 Å². The molecule has 1 aliphatic carbocycles. The highest BCUT2D eigenvalue weighted by atomic mass is 79.9. The van der Waals surface area contributed by atoms with Crippen LogP contribution in [0.25, 0.3) is 22.3 Å². The van der Waals surface area contributed by atoms with E-state index in [0.717, 1.165) is 16.6 Å². The first-order chi connectivity index (χ1) is 10.2. The van der Waals surface area contributed by atoms with Crippen LogP contribution in [0, 0.1) is 0 Å². The molecule has 0 fully saturated rings. The molecule has 3 aromatic carbocycles. The summed E-state index contributed by atoms with van der Waals surface area (Å²) in [6.45, 7) is 0. The van der Waals surface area contributed by atoms with Gasteiger partial charge < -0.3 is 5.73 Å². The van der Waals surface area contributed by atoms with Crippen molar-refractivity contribution in [1.29, 1.82) is 0 Å². The molecule has 0 radical (unpaired) electrons. The maximum absolute atomic E-state index is 5.86. The van der Waals surface area contributed by atoms with Gasteiger partial charge in [-0.05, 0) is 51.9 Å². The van der Waals surface area contributed by atoms with Crippen molar-refractivity contribution in [2.24, 2.45) is 0 Å². The average molecular weight is 336 g/mol. The Balaban J connectivity index is 1.94. The fourth-order valence-electron chi connectivity index (χ4n) is 3.16. The van der Waals surface area contributed by atoms with Crippen molar-refractivity contribution in [2.75, 3.05) is 5.73 Å². The summed E-state index contributed by atoms with van der Waals surface area (Å²) in [5, 5.41) is 0. The highest BCUT2D eigenvalue weighted by Crippen LogP contribution is 2.43. The first-order valence-corrected chi connectivity index (χ1v) is 7.79. The van der Waals surface area contributed by atoms with E-state index in [0.29, 0.717) is 0 Å². The molecule has 1 aliphatic rings. The molecule has 0 unspecified atom stereocenters. The molecule has 0 spiro atoms. The van der Waals surface area contributed by atoms with Crippen LogP contribution in [0.4, 0.5) is 5.69 Å². The van der Waals surface area contributed by atoms with Crippen LogP contribution in [0.2, 0.25) is 0 Å². The number of nitrogens with two attached hydrogens (primary N) is 1. The third kappa shape index (κ3) is 1.98. The summed E-state index contributed by atoms with van der Waals surface area (Å²) in [5.74, 6) is 0. The normalized spacial score (nSPS) is 12.0. The number of halogens is 1. The van der Waals surface area contributed by atoms with E-state index in [-0.39, 0.29) is 0 Å². The summed E-state index contributed by atoms with van der Waals surface area (Å²) in [6, 6.07) is 21.2. The van der Waals surface area contributed by atoms with Crippen LogP contribution >= 0.6 is 15.9 Å². The monoisotopic (exact) mass is 335 g/mol. The Hall–Kier alpha value is -2.06. The van der Waals surface area contributed by atoms with Crippen LogP contribution in [0.1, 0.15) is 11.1 Å². The minimum Gasteiger partial charge on any atom is -0.399 e. The van der Waals surface area contributed by atoms with E-state index < -0.39 is 0 Å². The predicted octanol–water partition coefficient (Wildman–Crippen LogP) is 5.27. The van der Waals surface area contributed by atoms with E-state index in [1.807, 2.05) is 12.1 Å². The summed E-state index contributed by atoms with van der Waals surface area (Å²) in [5.41, 5.74) is 14.7. The van der Waals surface area contributed by atoms with Crippen LogP contribution in [0.3, 0.4) is 0 Å². The van der Waals surface area contributed by atoms with Gasteiger partial charge in [0.15, 0.2) is 0 Å². The zero-order valence-electron chi connectivity index (χ0n) is 11.4. The predicted molar refractivity (Wildman–Crippen MR) is 92.2 cm³/mol.